The Labute approximate surface area is 323 Å². The third kappa shape index (κ3) is 14.6. The van der Waals surface area contributed by atoms with E-state index in [1.165, 1.54) is 0 Å². The minimum absolute atomic E-state index is 0.0815. The van der Waals surface area contributed by atoms with Gasteiger partial charge in [0.2, 0.25) is 0 Å². The van der Waals surface area contributed by atoms with Crippen molar-refractivity contribution in [3.05, 3.63) is 46.5 Å². The summed E-state index contributed by atoms with van der Waals surface area (Å²) in [6, 6.07) is 6.91. The summed E-state index contributed by atoms with van der Waals surface area (Å²) in [5.74, 6) is 0.556. The van der Waals surface area contributed by atoms with Crippen LogP contribution in [0.4, 0.5) is 9.59 Å². The molecule has 0 aliphatic carbocycles. The minimum atomic E-state index is -0.810. The lowest BCUT2D eigenvalue weighted by atomic mass is 9.79. The Morgan fingerprint density at radius 2 is 0.648 bits per heavy atom. The number of rotatable bonds is 9. The van der Waals surface area contributed by atoms with Crippen LogP contribution in [0.2, 0.25) is 0 Å². The zero-order valence-electron chi connectivity index (χ0n) is 36.2. The topological polar surface area (TPSA) is 124 Å². The van der Waals surface area contributed by atoms with Gasteiger partial charge in [0, 0.05) is 35.1 Å². The van der Waals surface area contributed by atoms with Crippen LogP contribution in [0.5, 0.6) is 23.0 Å². The molecule has 302 valence electrons. The Hall–Kier alpha value is -4.08. The van der Waals surface area contributed by atoms with Gasteiger partial charge in [-0.2, -0.15) is 0 Å². The molecule has 54 heavy (non-hydrogen) atoms. The van der Waals surface area contributed by atoms with Gasteiger partial charge < -0.3 is 28.4 Å². The zero-order chi connectivity index (χ0) is 41.8. The van der Waals surface area contributed by atoms with Gasteiger partial charge in [-0.1, -0.05) is 83.1 Å². The minimum Gasteiger partial charge on any atom is -0.428 e. The maximum absolute atomic E-state index is 13.0. The Kier molecular flexibility index (Phi) is 14.3. The number of unbranched alkanes of at least 4 members (excludes halogenated alkanes) is 1. The molecule has 10 nitrogen and oxygen atoms in total. The van der Waals surface area contributed by atoms with E-state index in [4.69, 9.17) is 28.4 Å². The summed E-state index contributed by atoms with van der Waals surface area (Å²) in [5.41, 5.74) is -0.548. The molecule has 0 amide bonds. The molecule has 0 aromatic heterocycles. The molecule has 10 heteroatoms. The highest BCUT2D eigenvalue weighted by atomic mass is 16.7. The van der Waals surface area contributed by atoms with Crippen molar-refractivity contribution in [2.75, 3.05) is 0 Å². The molecule has 0 saturated heterocycles. The van der Waals surface area contributed by atoms with Crippen LogP contribution < -0.4 is 18.9 Å². The number of hydrogen-bond acceptors (Lipinski definition) is 10. The molecule has 0 aliphatic rings. The number of ether oxygens (including phenoxy) is 6. The molecule has 0 aliphatic heterocycles. The second-order valence-corrected chi connectivity index (χ2v) is 20.0. The molecular weight excluding hydrogens is 688 g/mol. The average Bonchev–Trinajstić information content (AvgIpc) is 2.92. The van der Waals surface area contributed by atoms with E-state index < -0.39 is 57.1 Å². The van der Waals surface area contributed by atoms with E-state index in [0.29, 0.717) is 58.1 Å². The number of carbonyl (C=O) groups excluding carboxylic acids is 4. The van der Waals surface area contributed by atoms with Crippen molar-refractivity contribution in [3.63, 3.8) is 0 Å². The molecule has 0 fully saturated rings. The van der Waals surface area contributed by atoms with Crippen molar-refractivity contribution in [1.82, 2.24) is 0 Å². The van der Waals surface area contributed by atoms with E-state index in [1.54, 1.807) is 65.8 Å². The summed E-state index contributed by atoms with van der Waals surface area (Å²) >= 11 is 0. The van der Waals surface area contributed by atoms with Crippen LogP contribution >= 0.6 is 0 Å². The van der Waals surface area contributed by atoms with Crippen LogP contribution in [0, 0.1) is 0 Å². The van der Waals surface area contributed by atoms with Gasteiger partial charge in [0.25, 0.3) is 0 Å². The van der Waals surface area contributed by atoms with Gasteiger partial charge in [0.1, 0.15) is 34.2 Å². The molecule has 0 N–H and O–H groups in total. The highest BCUT2D eigenvalue weighted by Crippen LogP contribution is 2.44. The third-order valence-corrected chi connectivity index (χ3v) is 7.98. The van der Waals surface area contributed by atoms with E-state index in [0.717, 1.165) is 0 Å². The van der Waals surface area contributed by atoms with Gasteiger partial charge in [-0.25, -0.2) is 9.59 Å². The average molecular weight is 755 g/mol. The Bertz CT molecular complexity index is 1480. The van der Waals surface area contributed by atoms with Gasteiger partial charge in [0.05, 0.1) is 0 Å². The van der Waals surface area contributed by atoms with Crippen LogP contribution in [-0.4, -0.2) is 35.5 Å². The largest absolute Gasteiger partial charge is 0.514 e. The molecule has 2 aromatic carbocycles. The molecule has 0 radical (unpaired) electrons. The fourth-order valence-corrected chi connectivity index (χ4v) is 5.38. The first-order valence-corrected chi connectivity index (χ1v) is 18.8. The first kappa shape index (κ1) is 46.1. The first-order valence-electron chi connectivity index (χ1n) is 18.8. The van der Waals surface area contributed by atoms with E-state index >= 15 is 0 Å². The molecule has 0 spiro atoms. The molecular formula is C44H66O10. The number of benzene rings is 2. The summed E-state index contributed by atoms with van der Waals surface area (Å²) < 4.78 is 34.2. The monoisotopic (exact) mass is 754 g/mol. The van der Waals surface area contributed by atoms with Crippen LogP contribution in [0.3, 0.4) is 0 Å². The molecule has 0 unspecified atom stereocenters. The van der Waals surface area contributed by atoms with Crippen molar-refractivity contribution in [3.8, 4) is 23.0 Å². The number of hydrogen-bond donors (Lipinski definition) is 0. The van der Waals surface area contributed by atoms with Gasteiger partial charge in [-0.05, 0) is 100 Å². The fraction of sp³-hybridized carbons (Fsp3) is 0.636. The Morgan fingerprint density at radius 1 is 0.407 bits per heavy atom. The lowest BCUT2D eigenvalue weighted by Crippen LogP contribution is -2.28. The molecule has 0 heterocycles. The number of esters is 2. The molecule has 2 aromatic rings. The quantitative estimate of drug-likeness (QED) is 0.106. The molecule has 2 rings (SSSR count). The van der Waals surface area contributed by atoms with E-state index in [1.807, 2.05) is 83.1 Å². The summed E-state index contributed by atoms with van der Waals surface area (Å²) in [7, 11) is 0. The summed E-state index contributed by atoms with van der Waals surface area (Å²) in [5, 5.41) is 0. The lowest BCUT2D eigenvalue weighted by molar-refractivity contribution is -0.136. The predicted molar refractivity (Wildman–Crippen MR) is 211 cm³/mol. The third-order valence-electron chi connectivity index (χ3n) is 7.98. The van der Waals surface area contributed by atoms with Crippen molar-refractivity contribution >= 4 is 24.2 Å². The van der Waals surface area contributed by atoms with Crippen LogP contribution in [0.15, 0.2) is 24.3 Å². The fourth-order valence-electron chi connectivity index (χ4n) is 5.38. The first-order chi connectivity index (χ1) is 24.2. The van der Waals surface area contributed by atoms with Crippen molar-refractivity contribution in [2.45, 2.75) is 183 Å². The highest BCUT2D eigenvalue weighted by Gasteiger charge is 2.33. The zero-order valence-corrected chi connectivity index (χ0v) is 36.2. The Morgan fingerprint density at radius 3 is 0.852 bits per heavy atom. The maximum atomic E-state index is 13.0. The van der Waals surface area contributed by atoms with Gasteiger partial charge >= 0.3 is 24.2 Å². The van der Waals surface area contributed by atoms with Gasteiger partial charge in [0.15, 0.2) is 0 Å². The second-order valence-electron chi connectivity index (χ2n) is 20.0. The van der Waals surface area contributed by atoms with Crippen molar-refractivity contribution in [1.29, 1.82) is 0 Å². The van der Waals surface area contributed by atoms with Crippen molar-refractivity contribution < 1.29 is 47.6 Å². The van der Waals surface area contributed by atoms with Crippen LogP contribution in [0.25, 0.3) is 0 Å². The Balaban J connectivity index is 2.21. The van der Waals surface area contributed by atoms with E-state index in [9.17, 15) is 19.2 Å². The second kappa shape index (κ2) is 16.7. The predicted octanol–water partition coefficient (Wildman–Crippen LogP) is 11.6. The molecule has 0 saturated carbocycles. The highest BCUT2D eigenvalue weighted by molar-refractivity contribution is 5.75. The lowest BCUT2D eigenvalue weighted by Gasteiger charge is -2.30. The molecule has 0 bridgehead atoms. The standard InChI is InChI=1S/C44H66O10/c1-39(2,3)29-23-27(24-30(40(4,5)6)35(29)51-37(47)53-43(13,14)15)49-33(45)21-19-20-22-34(46)50-28-25-31(41(7,8)9)36(32(26-28)42(10,11)12)52-38(48)54-44(16,17)18/h23-26H,19-22H2,1-18H3. The van der Waals surface area contributed by atoms with Gasteiger partial charge in [-0.3, -0.25) is 9.59 Å². The van der Waals surface area contributed by atoms with Crippen LogP contribution in [0.1, 0.15) is 173 Å². The van der Waals surface area contributed by atoms with E-state index in [-0.39, 0.29) is 12.8 Å². The van der Waals surface area contributed by atoms with Crippen molar-refractivity contribution in [2.24, 2.45) is 0 Å². The summed E-state index contributed by atoms with van der Waals surface area (Å²) in [6.45, 7) is 34.5. The smallest absolute Gasteiger partial charge is 0.428 e. The normalized spacial score (nSPS) is 12.9. The summed E-state index contributed by atoms with van der Waals surface area (Å²) in [6.07, 6.45) is -0.661. The molecule has 0 atom stereocenters. The van der Waals surface area contributed by atoms with Crippen LogP contribution in [-0.2, 0) is 40.7 Å². The SMILES string of the molecule is CC(C)(C)OC(=O)Oc1c(C(C)(C)C)cc(OC(=O)CCCCC(=O)Oc2cc(C(C)(C)C)c(OC(=O)OC(C)(C)C)c(C(C)(C)C)c2)cc1C(C)(C)C. The summed E-state index contributed by atoms with van der Waals surface area (Å²) in [4.78, 5) is 51.6. The maximum Gasteiger partial charge on any atom is 0.514 e. The van der Waals surface area contributed by atoms with E-state index in [2.05, 4.69) is 0 Å². The van der Waals surface area contributed by atoms with Gasteiger partial charge in [-0.15, -0.1) is 0 Å². The number of carbonyl (C=O) groups is 4.